The SMILES string of the molecule is Oc1cccc2c1CNC2c1ccccc1Cl. The second-order valence-electron chi connectivity index (χ2n) is 4.18. The lowest BCUT2D eigenvalue weighted by Gasteiger charge is -2.14. The molecule has 2 N–H and O–H groups in total. The van der Waals surface area contributed by atoms with Gasteiger partial charge in [0, 0.05) is 17.1 Å². The van der Waals surface area contributed by atoms with Gasteiger partial charge in [0.05, 0.1) is 6.04 Å². The molecule has 0 bridgehead atoms. The summed E-state index contributed by atoms with van der Waals surface area (Å²) in [4.78, 5) is 0. The first-order valence-corrected chi connectivity index (χ1v) is 5.94. The molecule has 86 valence electrons. The van der Waals surface area contributed by atoms with Gasteiger partial charge in [0.25, 0.3) is 0 Å². The second kappa shape index (κ2) is 4.06. The minimum Gasteiger partial charge on any atom is -0.508 e. The van der Waals surface area contributed by atoms with Gasteiger partial charge in [-0.3, -0.25) is 0 Å². The highest BCUT2D eigenvalue weighted by Crippen LogP contribution is 2.37. The van der Waals surface area contributed by atoms with Gasteiger partial charge in [-0.1, -0.05) is 41.9 Å². The van der Waals surface area contributed by atoms with Crippen LogP contribution in [0.4, 0.5) is 0 Å². The van der Waals surface area contributed by atoms with Crippen molar-refractivity contribution < 1.29 is 5.11 Å². The predicted octanol–water partition coefficient (Wildman–Crippen LogP) is 3.24. The maximum absolute atomic E-state index is 9.79. The van der Waals surface area contributed by atoms with Crippen molar-refractivity contribution >= 4 is 11.6 Å². The van der Waals surface area contributed by atoms with Crippen LogP contribution in [0.15, 0.2) is 42.5 Å². The lowest BCUT2D eigenvalue weighted by Crippen LogP contribution is -2.13. The Balaban J connectivity index is 2.11. The highest BCUT2D eigenvalue weighted by Gasteiger charge is 2.26. The molecule has 0 fully saturated rings. The largest absolute Gasteiger partial charge is 0.508 e. The molecule has 1 atom stereocenters. The average molecular weight is 246 g/mol. The summed E-state index contributed by atoms with van der Waals surface area (Å²) in [6.07, 6.45) is 0. The van der Waals surface area contributed by atoms with E-state index in [0.29, 0.717) is 12.3 Å². The molecule has 1 aliphatic heterocycles. The van der Waals surface area contributed by atoms with Crippen LogP contribution in [0.25, 0.3) is 0 Å². The summed E-state index contributed by atoms with van der Waals surface area (Å²) in [7, 11) is 0. The van der Waals surface area contributed by atoms with Crippen LogP contribution in [0.3, 0.4) is 0 Å². The summed E-state index contributed by atoms with van der Waals surface area (Å²) in [5.74, 6) is 0.351. The predicted molar refractivity (Wildman–Crippen MR) is 68.2 cm³/mol. The fourth-order valence-electron chi connectivity index (χ4n) is 2.36. The quantitative estimate of drug-likeness (QED) is 0.809. The molecule has 0 aromatic heterocycles. The van der Waals surface area contributed by atoms with E-state index in [9.17, 15) is 5.11 Å². The minimum absolute atomic E-state index is 0.0748. The highest BCUT2D eigenvalue weighted by atomic mass is 35.5. The molecule has 3 rings (SSSR count). The number of phenols is 1. The van der Waals surface area contributed by atoms with E-state index < -0.39 is 0 Å². The van der Waals surface area contributed by atoms with Crippen LogP contribution in [0.5, 0.6) is 5.75 Å². The molecule has 0 saturated carbocycles. The molecule has 17 heavy (non-hydrogen) atoms. The zero-order valence-electron chi connectivity index (χ0n) is 9.15. The molecule has 2 aromatic rings. The maximum Gasteiger partial charge on any atom is 0.120 e. The van der Waals surface area contributed by atoms with Crippen molar-refractivity contribution in [3.8, 4) is 5.75 Å². The van der Waals surface area contributed by atoms with Crippen LogP contribution in [0, 0.1) is 0 Å². The first-order chi connectivity index (χ1) is 8.27. The number of fused-ring (bicyclic) bond motifs is 1. The topological polar surface area (TPSA) is 32.3 Å². The Hall–Kier alpha value is -1.51. The van der Waals surface area contributed by atoms with E-state index in [2.05, 4.69) is 5.32 Å². The number of phenolic OH excluding ortho intramolecular Hbond substituents is 1. The van der Waals surface area contributed by atoms with Crippen molar-refractivity contribution in [3.63, 3.8) is 0 Å². The number of rotatable bonds is 1. The molecule has 1 heterocycles. The number of aromatic hydroxyl groups is 1. The number of halogens is 1. The van der Waals surface area contributed by atoms with Crippen LogP contribution in [-0.2, 0) is 6.54 Å². The van der Waals surface area contributed by atoms with E-state index in [4.69, 9.17) is 11.6 Å². The maximum atomic E-state index is 9.79. The van der Waals surface area contributed by atoms with Gasteiger partial charge in [0.1, 0.15) is 5.75 Å². The zero-order chi connectivity index (χ0) is 11.8. The van der Waals surface area contributed by atoms with Gasteiger partial charge < -0.3 is 10.4 Å². The summed E-state index contributed by atoms with van der Waals surface area (Å²) in [6.45, 7) is 0.678. The third kappa shape index (κ3) is 1.70. The standard InChI is InChI=1S/C14H12ClNO/c15-12-6-2-1-4-10(12)14-9-5-3-7-13(17)11(9)8-16-14/h1-7,14,16-17H,8H2. The number of nitrogens with one attached hydrogen (secondary N) is 1. The van der Waals surface area contributed by atoms with Crippen molar-refractivity contribution in [2.75, 3.05) is 0 Å². The van der Waals surface area contributed by atoms with Crippen molar-refractivity contribution in [2.24, 2.45) is 0 Å². The zero-order valence-corrected chi connectivity index (χ0v) is 9.91. The molecule has 2 nitrogen and oxygen atoms in total. The van der Waals surface area contributed by atoms with Gasteiger partial charge in [0.15, 0.2) is 0 Å². The Kier molecular flexibility index (Phi) is 2.54. The fraction of sp³-hybridized carbons (Fsp3) is 0.143. The summed E-state index contributed by atoms with van der Waals surface area (Å²) < 4.78 is 0. The summed E-state index contributed by atoms with van der Waals surface area (Å²) >= 11 is 6.21. The number of benzene rings is 2. The molecule has 0 saturated heterocycles. The molecule has 0 amide bonds. The van der Waals surface area contributed by atoms with Gasteiger partial charge in [0.2, 0.25) is 0 Å². The Labute approximate surface area is 105 Å². The number of hydrogen-bond acceptors (Lipinski definition) is 2. The summed E-state index contributed by atoms with van der Waals surface area (Å²) in [6, 6.07) is 13.5. The average Bonchev–Trinajstić information content (AvgIpc) is 2.75. The van der Waals surface area contributed by atoms with Crippen LogP contribution in [0.1, 0.15) is 22.7 Å². The lowest BCUT2D eigenvalue weighted by atomic mass is 9.98. The third-order valence-electron chi connectivity index (χ3n) is 3.20. The van der Waals surface area contributed by atoms with Crippen LogP contribution in [-0.4, -0.2) is 5.11 Å². The molecule has 1 unspecified atom stereocenters. The van der Waals surface area contributed by atoms with E-state index in [1.54, 1.807) is 6.07 Å². The number of hydrogen-bond donors (Lipinski definition) is 2. The van der Waals surface area contributed by atoms with Gasteiger partial charge >= 0.3 is 0 Å². The van der Waals surface area contributed by atoms with E-state index >= 15 is 0 Å². The third-order valence-corrected chi connectivity index (χ3v) is 3.54. The molecule has 0 radical (unpaired) electrons. The van der Waals surface area contributed by atoms with E-state index in [1.807, 2.05) is 36.4 Å². The van der Waals surface area contributed by atoms with Gasteiger partial charge in [-0.25, -0.2) is 0 Å². The molecule has 0 aliphatic carbocycles. The molecule has 1 aliphatic rings. The van der Waals surface area contributed by atoms with Crippen molar-refractivity contribution in [1.82, 2.24) is 5.32 Å². The minimum atomic E-state index is 0.0748. The summed E-state index contributed by atoms with van der Waals surface area (Å²) in [5, 5.41) is 13.9. The Morgan fingerprint density at radius 2 is 1.82 bits per heavy atom. The highest BCUT2D eigenvalue weighted by molar-refractivity contribution is 6.31. The Morgan fingerprint density at radius 3 is 2.65 bits per heavy atom. The van der Waals surface area contributed by atoms with Crippen molar-refractivity contribution in [3.05, 3.63) is 64.2 Å². The Bertz CT molecular complexity index is 568. The van der Waals surface area contributed by atoms with E-state index in [0.717, 1.165) is 21.7 Å². The Morgan fingerprint density at radius 1 is 1.06 bits per heavy atom. The second-order valence-corrected chi connectivity index (χ2v) is 4.59. The monoisotopic (exact) mass is 245 g/mol. The van der Waals surface area contributed by atoms with Crippen LogP contribution < -0.4 is 5.32 Å². The normalized spacial score (nSPS) is 18.1. The van der Waals surface area contributed by atoms with Crippen LogP contribution >= 0.6 is 11.6 Å². The summed E-state index contributed by atoms with van der Waals surface area (Å²) in [5.41, 5.74) is 3.13. The molecule has 0 spiro atoms. The molecular weight excluding hydrogens is 234 g/mol. The van der Waals surface area contributed by atoms with Crippen molar-refractivity contribution in [2.45, 2.75) is 12.6 Å². The first-order valence-electron chi connectivity index (χ1n) is 5.56. The fourth-order valence-corrected chi connectivity index (χ4v) is 2.60. The van der Waals surface area contributed by atoms with Crippen LogP contribution in [0.2, 0.25) is 5.02 Å². The lowest BCUT2D eigenvalue weighted by molar-refractivity contribution is 0.468. The molecular formula is C14H12ClNO. The van der Waals surface area contributed by atoms with Crippen molar-refractivity contribution in [1.29, 1.82) is 0 Å². The van der Waals surface area contributed by atoms with E-state index in [-0.39, 0.29) is 6.04 Å². The van der Waals surface area contributed by atoms with E-state index in [1.165, 1.54) is 0 Å². The van der Waals surface area contributed by atoms with Gasteiger partial charge in [-0.15, -0.1) is 0 Å². The van der Waals surface area contributed by atoms with Gasteiger partial charge in [-0.05, 0) is 23.3 Å². The molecule has 3 heteroatoms. The first kappa shape index (κ1) is 10.6. The smallest absolute Gasteiger partial charge is 0.120 e. The van der Waals surface area contributed by atoms with Gasteiger partial charge in [-0.2, -0.15) is 0 Å². The molecule has 2 aromatic carbocycles.